The van der Waals surface area contributed by atoms with Gasteiger partial charge in [0.2, 0.25) is 0 Å². The van der Waals surface area contributed by atoms with Crippen LogP contribution in [0.15, 0.2) is 194 Å². The summed E-state index contributed by atoms with van der Waals surface area (Å²) >= 11 is 3.26. The Balaban J connectivity index is 0.000000919. The minimum atomic E-state index is -0.257. The summed E-state index contributed by atoms with van der Waals surface area (Å²) in [4.78, 5) is 11.2. The third-order valence-electron chi connectivity index (χ3n) is 9.19. The van der Waals surface area contributed by atoms with Crippen molar-refractivity contribution in [3.8, 4) is 41.2 Å². The van der Waals surface area contributed by atoms with Gasteiger partial charge in [-0.15, -0.1) is 0 Å². The standard InChI is InChI=1S/C14H14FNO.2C14H10FNO.C7H6BrF.C7H5NO.CH2O3.2K.H/c3*15-13-5-1-12(2-6-13)10-17-14-7-3-11(9-16)4-8-14;2*8-5-6-1-3-7(9)4-2-6;2-1-4-3;;;/h1-8H,9-10,16H2;2*1-8H,10H2;1-4H,5H2;1-4,9H;1,3H;;;/q;;;;;;2*+1;-1/p-1. The molecule has 0 bridgehead atoms. The molecule has 0 radical (unpaired) electrons. The molecule has 0 fully saturated rings. The first-order valence-corrected chi connectivity index (χ1v) is 22.7. The van der Waals surface area contributed by atoms with Crippen LogP contribution < -0.4 is 128 Å². The summed E-state index contributed by atoms with van der Waals surface area (Å²) in [7, 11) is 0. The summed E-state index contributed by atoms with van der Waals surface area (Å²) < 4.78 is 66.8. The van der Waals surface area contributed by atoms with Gasteiger partial charge in [0.1, 0.15) is 66.1 Å². The van der Waals surface area contributed by atoms with E-state index in [0.717, 1.165) is 38.9 Å². The van der Waals surface area contributed by atoms with E-state index in [1.54, 1.807) is 109 Å². The van der Waals surface area contributed by atoms with Gasteiger partial charge in [-0.3, -0.25) is 4.79 Å². The molecule has 0 heterocycles. The van der Waals surface area contributed by atoms with Crippen molar-refractivity contribution >= 4 is 22.4 Å². The summed E-state index contributed by atoms with van der Waals surface area (Å²) in [5.74, 6) is 1.42. The number of alkyl halides is 1. The minimum Gasteiger partial charge on any atom is -1.00 e. The Kier molecular flexibility index (Phi) is 36.4. The largest absolute Gasteiger partial charge is 1.00 e. The molecule has 11 nitrogen and oxygen atoms in total. The number of halogens is 5. The normalized spacial score (nSPS) is 9.12. The van der Waals surface area contributed by atoms with Crippen molar-refractivity contribution in [3.05, 3.63) is 262 Å². The van der Waals surface area contributed by atoms with Crippen LogP contribution in [0.4, 0.5) is 17.6 Å². The number of phenols is 1. The molecule has 0 aromatic heterocycles. The first-order valence-electron chi connectivity index (χ1n) is 21.5. The Hall–Kier alpha value is -5.71. The topological polar surface area (TPSA) is 195 Å². The second-order valence-electron chi connectivity index (χ2n) is 14.5. The van der Waals surface area contributed by atoms with E-state index in [-0.39, 0.29) is 140 Å². The molecule has 0 aliphatic carbocycles. The molecule has 18 heteroatoms. The fraction of sp³-hybridized carbons (Fsp3) is 0.0877. The predicted molar refractivity (Wildman–Crippen MR) is 269 cm³/mol. The number of carbonyl (C=O) groups excluding carboxylic acids is 1. The third kappa shape index (κ3) is 29.8. The number of phenolic OH excluding ortho intramolecular Hbond substituents is 1. The van der Waals surface area contributed by atoms with Crippen LogP contribution in [-0.2, 0) is 41.4 Å². The average Bonchev–Trinajstić information content (AvgIpc) is 3.44. The van der Waals surface area contributed by atoms with E-state index in [1.165, 1.54) is 60.7 Å². The second kappa shape index (κ2) is 40.6. The Morgan fingerprint density at radius 2 is 0.707 bits per heavy atom. The van der Waals surface area contributed by atoms with Gasteiger partial charge in [-0.2, -0.15) is 15.8 Å². The number of nitriles is 3. The molecule has 374 valence electrons. The smallest absolute Gasteiger partial charge is 1.00 e. The van der Waals surface area contributed by atoms with Crippen molar-refractivity contribution in [2.75, 3.05) is 0 Å². The molecule has 0 atom stereocenters. The van der Waals surface area contributed by atoms with Gasteiger partial charge in [0, 0.05) is 11.9 Å². The molecule has 0 aliphatic rings. The van der Waals surface area contributed by atoms with Crippen LogP contribution in [0.5, 0.6) is 23.0 Å². The average molecular weight is 1130 g/mol. The van der Waals surface area contributed by atoms with E-state index in [2.05, 4.69) is 20.8 Å². The van der Waals surface area contributed by atoms with Gasteiger partial charge in [-0.1, -0.05) is 76.6 Å². The molecule has 8 aromatic carbocycles. The van der Waals surface area contributed by atoms with Crippen molar-refractivity contribution in [2.45, 2.75) is 31.7 Å². The summed E-state index contributed by atoms with van der Waals surface area (Å²) in [5.41, 5.74) is 12.2. The van der Waals surface area contributed by atoms with Gasteiger partial charge in [0.05, 0.1) is 34.9 Å². The van der Waals surface area contributed by atoms with E-state index in [1.807, 2.05) is 42.5 Å². The molecule has 0 unspecified atom stereocenters. The number of rotatable bonds is 12. The molecule has 0 saturated carbocycles. The van der Waals surface area contributed by atoms with Gasteiger partial charge in [0.15, 0.2) is 0 Å². The molecule has 3 N–H and O–H groups in total. The predicted octanol–water partition coefficient (Wildman–Crippen LogP) is 5.96. The SMILES string of the molecule is Fc1ccc(CBr)cc1.N#Cc1ccc(O)cc1.N#Cc1ccc(OCc2ccc(F)cc2)cc1.N#Cc1ccc(OCc2ccc(F)cc2)cc1.NCc1ccc(OCc2ccc(F)cc2)cc1.O=CO[O-].[H-].[K+].[K+]. The van der Waals surface area contributed by atoms with E-state index in [4.69, 9.17) is 50.9 Å². The van der Waals surface area contributed by atoms with Gasteiger partial charge in [-0.05, 0) is 161 Å². The fourth-order valence-corrected chi connectivity index (χ4v) is 5.70. The molecular weight excluding hydrogens is 1090 g/mol. The zero-order valence-electron chi connectivity index (χ0n) is 41.8. The van der Waals surface area contributed by atoms with Gasteiger partial charge in [-0.25, -0.2) is 17.6 Å². The molecule has 0 aliphatic heterocycles. The van der Waals surface area contributed by atoms with Crippen LogP contribution in [0.1, 0.15) is 45.9 Å². The number of ether oxygens (including phenoxy) is 3. The summed E-state index contributed by atoms with van der Waals surface area (Å²) in [6.45, 7) is 1.54. The van der Waals surface area contributed by atoms with Gasteiger partial charge >= 0.3 is 103 Å². The molecule has 0 amide bonds. The maximum Gasteiger partial charge on any atom is 1.00 e. The maximum absolute atomic E-state index is 12.7. The Morgan fingerprint density at radius 3 is 0.947 bits per heavy atom. The number of hydrogen-bond acceptors (Lipinski definition) is 11. The second-order valence-corrected chi connectivity index (χ2v) is 15.0. The van der Waals surface area contributed by atoms with Crippen LogP contribution in [0.25, 0.3) is 0 Å². The minimum absolute atomic E-state index is 0. The number of nitrogens with two attached hydrogens (primary N) is 1. The number of benzene rings is 8. The molecular formula is C57H47BrF4K2N4O7. The zero-order chi connectivity index (χ0) is 53.1. The number of hydrogen-bond donors (Lipinski definition) is 2. The van der Waals surface area contributed by atoms with E-state index >= 15 is 0 Å². The van der Waals surface area contributed by atoms with Crippen LogP contribution in [0, 0.1) is 57.3 Å². The van der Waals surface area contributed by atoms with E-state index in [0.29, 0.717) is 54.6 Å². The first kappa shape index (κ1) is 67.3. The van der Waals surface area contributed by atoms with Crippen molar-refractivity contribution in [1.29, 1.82) is 15.8 Å². The third-order valence-corrected chi connectivity index (χ3v) is 9.83. The van der Waals surface area contributed by atoms with Gasteiger partial charge < -0.3 is 36.6 Å². The fourth-order valence-electron chi connectivity index (χ4n) is 5.32. The summed E-state index contributed by atoms with van der Waals surface area (Å²) in [6.07, 6.45) is 0. The van der Waals surface area contributed by atoms with Crippen molar-refractivity contribution in [3.63, 3.8) is 0 Å². The zero-order valence-corrected chi connectivity index (χ0v) is 48.6. The maximum atomic E-state index is 12.7. The van der Waals surface area contributed by atoms with Crippen LogP contribution in [0.2, 0.25) is 0 Å². The molecule has 0 saturated heterocycles. The first-order chi connectivity index (χ1) is 35.4. The van der Waals surface area contributed by atoms with Crippen molar-refractivity contribution in [2.24, 2.45) is 5.73 Å². The van der Waals surface area contributed by atoms with E-state index < -0.39 is 0 Å². The van der Waals surface area contributed by atoms with E-state index in [9.17, 15) is 17.6 Å². The molecule has 75 heavy (non-hydrogen) atoms. The Morgan fingerprint density at radius 1 is 0.467 bits per heavy atom. The quantitative estimate of drug-likeness (QED) is 0.0367. The number of aromatic hydroxyl groups is 1. The monoisotopic (exact) mass is 1130 g/mol. The number of carbonyl (C=O) groups is 1. The van der Waals surface area contributed by atoms with Gasteiger partial charge in [0.25, 0.3) is 6.47 Å². The number of nitrogens with zero attached hydrogens (tertiary/aromatic N) is 3. The van der Waals surface area contributed by atoms with Crippen LogP contribution in [0.3, 0.4) is 0 Å². The Labute approximate surface area is 528 Å². The summed E-state index contributed by atoms with van der Waals surface area (Å²) in [5, 5.41) is 43.5. The molecule has 8 aromatic rings. The Bertz CT molecular complexity index is 2830. The summed E-state index contributed by atoms with van der Waals surface area (Å²) in [6, 6.07) is 58.5. The molecule has 8 rings (SSSR count). The molecule has 0 spiro atoms. The van der Waals surface area contributed by atoms with Crippen LogP contribution in [-0.4, -0.2) is 11.6 Å². The van der Waals surface area contributed by atoms with Crippen LogP contribution >= 0.6 is 15.9 Å². The van der Waals surface area contributed by atoms with Crippen molar-refractivity contribution in [1.82, 2.24) is 0 Å². The van der Waals surface area contributed by atoms with Crippen molar-refractivity contribution < 1.29 is 156 Å².